The second-order valence-electron chi connectivity index (χ2n) is 10.3. The first-order valence-corrected chi connectivity index (χ1v) is 14.6. The number of para-hydroxylation sites is 1. The standard InChI is InChI=1S/C34H31N3O4S/c1-6-41-33(39)28-21(4)35-34-37(31(28)23-14-10-11-15-26(23)40-5)32(38)27(42-34)18-25-24-17-19(2)16-20(3)29(24)36-30(25)22-12-8-7-9-13-22/h7-18,31,36H,6H2,1-5H3/b27-18+/t31-/m0/s1. The van der Waals surface area contributed by atoms with E-state index in [0.717, 1.165) is 38.9 Å². The quantitative estimate of drug-likeness (QED) is 0.267. The number of hydrogen-bond donors (Lipinski definition) is 1. The van der Waals surface area contributed by atoms with E-state index in [1.54, 1.807) is 25.5 Å². The number of fused-ring (bicyclic) bond motifs is 2. The second kappa shape index (κ2) is 10.9. The van der Waals surface area contributed by atoms with Crippen LogP contribution in [0, 0.1) is 13.8 Å². The molecule has 212 valence electrons. The lowest BCUT2D eigenvalue weighted by molar-refractivity contribution is -0.139. The van der Waals surface area contributed by atoms with Crippen LogP contribution in [0.25, 0.3) is 28.2 Å². The molecule has 0 saturated carbocycles. The molecule has 3 aromatic carbocycles. The number of benzene rings is 3. The van der Waals surface area contributed by atoms with E-state index in [0.29, 0.717) is 31.9 Å². The molecular formula is C34H31N3O4S. The Morgan fingerprint density at radius 2 is 1.81 bits per heavy atom. The maximum atomic E-state index is 14.3. The molecule has 1 N–H and O–H groups in total. The third kappa shape index (κ3) is 4.58. The van der Waals surface area contributed by atoms with E-state index in [2.05, 4.69) is 43.1 Å². The number of nitrogens with zero attached hydrogens (tertiary/aromatic N) is 2. The minimum Gasteiger partial charge on any atom is -0.496 e. The molecule has 0 aliphatic carbocycles. The van der Waals surface area contributed by atoms with Gasteiger partial charge in [-0.2, -0.15) is 0 Å². The van der Waals surface area contributed by atoms with Crippen LogP contribution in [0.15, 0.2) is 87.8 Å². The average molecular weight is 578 g/mol. The van der Waals surface area contributed by atoms with E-state index in [1.807, 2.05) is 48.5 Å². The van der Waals surface area contributed by atoms with Crippen molar-refractivity contribution in [2.75, 3.05) is 13.7 Å². The zero-order valence-corrected chi connectivity index (χ0v) is 25.0. The SMILES string of the molecule is CCOC(=O)C1=C(C)N=c2s/c(=C/c3c(-c4ccccc4)[nH]c4c(C)cc(C)cc34)c(=O)n2[C@H]1c1ccccc1OC. The minimum absolute atomic E-state index is 0.209. The van der Waals surface area contributed by atoms with Crippen molar-refractivity contribution in [3.05, 3.63) is 120 Å². The van der Waals surface area contributed by atoms with Crippen LogP contribution < -0.4 is 19.6 Å². The van der Waals surface area contributed by atoms with Gasteiger partial charge in [-0.3, -0.25) is 9.36 Å². The summed E-state index contributed by atoms with van der Waals surface area (Å²) >= 11 is 1.31. The van der Waals surface area contributed by atoms with E-state index in [1.165, 1.54) is 11.3 Å². The van der Waals surface area contributed by atoms with Crippen molar-refractivity contribution in [1.82, 2.24) is 9.55 Å². The molecule has 0 fully saturated rings. The number of ether oxygens (including phenoxy) is 2. The minimum atomic E-state index is -0.750. The fourth-order valence-electron chi connectivity index (χ4n) is 5.76. The molecule has 1 atom stereocenters. The van der Waals surface area contributed by atoms with Gasteiger partial charge in [0, 0.05) is 22.0 Å². The number of allylic oxidation sites excluding steroid dienone is 1. The van der Waals surface area contributed by atoms with Gasteiger partial charge >= 0.3 is 5.97 Å². The Hall–Kier alpha value is -4.69. The van der Waals surface area contributed by atoms with Crippen LogP contribution in [0.2, 0.25) is 0 Å². The predicted octanol–water partition coefficient (Wildman–Crippen LogP) is 5.57. The maximum absolute atomic E-state index is 14.3. The molecule has 42 heavy (non-hydrogen) atoms. The molecule has 0 bridgehead atoms. The Labute approximate surface area is 247 Å². The summed E-state index contributed by atoms with van der Waals surface area (Å²) in [5, 5.41) is 1.04. The largest absolute Gasteiger partial charge is 0.496 e. The molecule has 5 aromatic rings. The molecule has 3 heterocycles. The molecule has 0 radical (unpaired) electrons. The van der Waals surface area contributed by atoms with Crippen LogP contribution >= 0.6 is 11.3 Å². The Bertz CT molecular complexity index is 2070. The van der Waals surface area contributed by atoms with Crippen LogP contribution in [0.4, 0.5) is 0 Å². The summed E-state index contributed by atoms with van der Waals surface area (Å²) < 4.78 is 13.2. The summed E-state index contributed by atoms with van der Waals surface area (Å²) in [5.74, 6) is 0.0698. The van der Waals surface area contributed by atoms with Crippen molar-refractivity contribution in [2.45, 2.75) is 33.7 Å². The predicted molar refractivity (Wildman–Crippen MR) is 167 cm³/mol. The number of aromatic nitrogens is 2. The van der Waals surface area contributed by atoms with Crippen molar-refractivity contribution < 1.29 is 14.3 Å². The smallest absolute Gasteiger partial charge is 0.338 e. The Kier molecular flexibility index (Phi) is 7.16. The van der Waals surface area contributed by atoms with Gasteiger partial charge in [0.05, 0.1) is 35.2 Å². The molecule has 0 unspecified atom stereocenters. The number of nitrogens with one attached hydrogen (secondary N) is 1. The van der Waals surface area contributed by atoms with Crippen LogP contribution in [0.5, 0.6) is 5.75 Å². The van der Waals surface area contributed by atoms with Gasteiger partial charge in [0.25, 0.3) is 5.56 Å². The third-order valence-electron chi connectivity index (χ3n) is 7.58. The molecule has 2 aromatic heterocycles. The number of thiazole rings is 1. The van der Waals surface area contributed by atoms with Gasteiger partial charge in [0.2, 0.25) is 0 Å². The number of methoxy groups -OCH3 is 1. The van der Waals surface area contributed by atoms with E-state index in [-0.39, 0.29) is 12.2 Å². The van der Waals surface area contributed by atoms with E-state index in [4.69, 9.17) is 14.5 Å². The number of hydrogen-bond acceptors (Lipinski definition) is 6. The summed E-state index contributed by atoms with van der Waals surface area (Å²) in [6, 6.07) is 21.1. The van der Waals surface area contributed by atoms with Gasteiger partial charge in [-0.15, -0.1) is 0 Å². The Morgan fingerprint density at radius 3 is 2.55 bits per heavy atom. The average Bonchev–Trinajstić information content (AvgIpc) is 3.50. The molecule has 7 nitrogen and oxygen atoms in total. The van der Waals surface area contributed by atoms with Crippen molar-refractivity contribution in [1.29, 1.82) is 0 Å². The van der Waals surface area contributed by atoms with Crippen molar-refractivity contribution in [3.63, 3.8) is 0 Å². The van der Waals surface area contributed by atoms with Gasteiger partial charge in [-0.05, 0) is 57.0 Å². The highest BCUT2D eigenvalue weighted by Gasteiger charge is 2.35. The zero-order chi connectivity index (χ0) is 29.5. The number of aryl methyl sites for hydroxylation is 2. The van der Waals surface area contributed by atoms with Crippen molar-refractivity contribution in [2.24, 2.45) is 4.99 Å². The summed E-state index contributed by atoms with van der Waals surface area (Å²) in [6.07, 6.45) is 1.95. The third-order valence-corrected chi connectivity index (χ3v) is 8.56. The fourth-order valence-corrected chi connectivity index (χ4v) is 6.79. The first kappa shape index (κ1) is 27.5. The Morgan fingerprint density at radius 1 is 1.07 bits per heavy atom. The molecule has 1 aliphatic heterocycles. The molecule has 8 heteroatoms. The van der Waals surface area contributed by atoms with Gasteiger partial charge in [0.15, 0.2) is 4.80 Å². The second-order valence-corrected chi connectivity index (χ2v) is 11.3. The van der Waals surface area contributed by atoms with Crippen LogP contribution in [0.3, 0.4) is 0 Å². The van der Waals surface area contributed by atoms with E-state index >= 15 is 0 Å². The molecule has 0 spiro atoms. The summed E-state index contributed by atoms with van der Waals surface area (Å²) in [7, 11) is 1.58. The normalized spacial score (nSPS) is 15.1. The molecule has 0 saturated heterocycles. The molecular weight excluding hydrogens is 546 g/mol. The van der Waals surface area contributed by atoms with Crippen LogP contribution in [-0.2, 0) is 9.53 Å². The highest BCUT2D eigenvalue weighted by atomic mass is 32.1. The summed E-state index contributed by atoms with van der Waals surface area (Å²) in [4.78, 5) is 36.5. The summed E-state index contributed by atoms with van der Waals surface area (Å²) in [5.41, 5.74) is 7.50. The van der Waals surface area contributed by atoms with Gasteiger partial charge in [-0.1, -0.05) is 71.5 Å². The van der Waals surface area contributed by atoms with Gasteiger partial charge < -0.3 is 14.5 Å². The molecule has 6 rings (SSSR count). The lowest BCUT2D eigenvalue weighted by atomic mass is 9.95. The monoisotopic (exact) mass is 577 g/mol. The van der Waals surface area contributed by atoms with Crippen molar-refractivity contribution >= 4 is 34.3 Å². The van der Waals surface area contributed by atoms with Crippen molar-refractivity contribution in [3.8, 4) is 17.0 Å². The lowest BCUT2D eigenvalue weighted by Crippen LogP contribution is -2.40. The summed E-state index contributed by atoms with van der Waals surface area (Å²) in [6.45, 7) is 7.91. The van der Waals surface area contributed by atoms with Gasteiger partial charge in [0.1, 0.15) is 11.8 Å². The number of carbonyl (C=O) groups excluding carboxylic acids is 1. The fraction of sp³-hybridized carbons (Fsp3) is 0.206. The highest BCUT2D eigenvalue weighted by molar-refractivity contribution is 7.07. The number of carbonyl (C=O) groups is 1. The van der Waals surface area contributed by atoms with Crippen LogP contribution in [-0.4, -0.2) is 29.2 Å². The Balaban J connectivity index is 1.65. The lowest BCUT2D eigenvalue weighted by Gasteiger charge is -2.25. The molecule has 0 amide bonds. The molecule has 1 aliphatic rings. The number of esters is 1. The van der Waals surface area contributed by atoms with E-state index < -0.39 is 12.0 Å². The van der Waals surface area contributed by atoms with Gasteiger partial charge in [-0.25, -0.2) is 9.79 Å². The number of aromatic amines is 1. The number of H-pyrrole nitrogens is 1. The zero-order valence-electron chi connectivity index (χ0n) is 24.1. The topological polar surface area (TPSA) is 85.7 Å². The van der Waals surface area contributed by atoms with Crippen LogP contribution in [0.1, 0.15) is 42.1 Å². The maximum Gasteiger partial charge on any atom is 0.338 e. The highest BCUT2D eigenvalue weighted by Crippen LogP contribution is 2.36. The first-order chi connectivity index (χ1) is 20.3. The van der Waals surface area contributed by atoms with E-state index in [9.17, 15) is 9.59 Å². The number of rotatable bonds is 6. The first-order valence-electron chi connectivity index (χ1n) is 13.8.